The third-order valence-corrected chi connectivity index (χ3v) is 5.83. The Morgan fingerprint density at radius 1 is 1.35 bits per heavy atom. The lowest BCUT2D eigenvalue weighted by Gasteiger charge is -2.08. The van der Waals surface area contributed by atoms with Crippen molar-refractivity contribution in [2.24, 2.45) is 0 Å². The molecule has 0 saturated carbocycles. The van der Waals surface area contributed by atoms with E-state index in [0.29, 0.717) is 28.6 Å². The van der Waals surface area contributed by atoms with Crippen LogP contribution in [-0.4, -0.2) is 31.1 Å². The van der Waals surface area contributed by atoms with Crippen molar-refractivity contribution >= 4 is 44.0 Å². The van der Waals surface area contributed by atoms with Gasteiger partial charge in [-0.2, -0.15) is 0 Å². The smallest absolute Gasteiger partial charge is 0.264 e. The molecule has 2 rings (SSSR count). The molecule has 0 bridgehead atoms. The zero-order chi connectivity index (χ0) is 17.0. The number of rotatable bonds is 6. The quantitative estimate of drug-likeness (QED) is 0.805. The molecule has 1 aromatic heterocycles. The van der Waals surface area contributed by atoms with Crippen molar-refractivity contribution in [1.29, 1.82) is 0 Å². The van der Waals surface area contributed by atoms with E-state index in [0.717, 1.165) is 11.3 Å². The Balaban J connectivity index is 2.11. The molecular weight excluding hydrogens is 360 g/mol. The molecule has 7 nitrogen and oxygen atoms in total. The maximum absolute atomic E-state index is 12.4. The largest absolute Gasteiger partial charge is 0.356 e. The molecule has 0 unspecified atom stereocenters. The number of nitrogens with one attached hydrogen (secondary N) is 2. The normalized spacial score (nSPS) is 11.3. The van der Waals surface area contributed by atoms with Gasteiger partial charge in [0.05, 0.1) is 4.90 Å². The molecule has 1 heterocycles. The summed E-state index contributed by atoms with van der Waals surface area (Å²) in [6, 6.07) is 4.67. The van der Waals surface area contributed by atoms with E-state index in [2.05, 4.69) is 20.2 Å². The summed E-state index contributed by atoms with van der Waals surface area (Å²) in [7, 11) is -3.78. The van der Waals surface area contributed by atoms with Gasteiger partial charge < -0.3 is 5.32 Å². The second-order valence-electron chi connectivity index (χ2n) is 4.70. The maximum Gasteiger partial charge on any atom is 0.264 e. The molecule has 124 valence electrons. The van der Waals surface area contributed by atoms with Gasteiger partial charge in [-0.3, -0.25) is 9.52 Å². The monoisotopic (exact) mass is 374 g/mol. The summed E-state index contributed by atoms with van der Waals surface area (Å²) >= 11 is 7.08. The van der Waals surface area contributed by atoms with Crippen LogP contribution in [0.4, 0.5) is 5.13 Å². The summed E-state index contributed by atoms with van der Waals surface area (Å²) in [6.45, 7) is 3.48. The molecule has 0 saturated heterocycles. The van der Waals surface area contributed by atoms with Gasteiger partial charge in [0.1, 0.15) is 5.01 Å². The SMILES string of the molecule is CC(=O)NCCc1nnc(NS(=O)(=O)c2cccc(Cl)c2C)s1. The first kappa shape index (κ1) is 17.6. The van der Waals surface area contributed by atoms with Crippen LogP contribution in [0.25, 0.3) is 0 Å². The number of hydrogen-bond acceptors (Lipinski definition) is 6. The average Bonchev–Trinajstić information content (AvgIpc) is 2.88. The van der Waals surface area contributed by atoms with Crippen molar-refractivity contribution in [2.45, 2.75) is 25.2 Å². The molecule has 0 atom stereocenters. The highest BCUT2D eigenvalue weighted by atomic mass is 35.5. The van der Waals surface area contributed by atoms with E-state index in [9.17, 15) is 13.2 Å². The van der Waals surface area contributed by atoms with E-state index < -0.39 is 10.0 Å². The second kappa shape index (κ2) is 7.24. The lowest BCUT2D eigenvalue weighted by atomic mass is 10.2. The van der Waals surface area contributed by atoms with Gasteiger partial charge in [0.25, 0.3) is 10.0 Å². The van der Waals surface area contributed by atoms with Crippen molar-refractivity contribution < 1.29 is 13.2 Å². The highest BCUT2D eigenvalue weighted by Gasteiger charge is 2.20. The second-order valence-corrected chi connectivity index (χ2v) is 7.82. The Labute approximate surface area is 143 Å². The lowest BCUT2D eigenvalue weighted by molar-refractivity contribution is -0.118. The molecule has 0 aliphatic heterocycles. The van der Waals surface area contributed by atoms with Crippen molar-refractivity contribution in [3.63, 3.8) is 0 Å². The van der Waals surface area contributed by atoms with E-state index >= 15 is 0 Å². The Bertz CT molecular complexity index is 820. The van der Waals surface area contributed by atoms with E-state index in [1.54, 1.807) is 19.1 Å². The third-order valence-electron chi connectivity index (χ3n) is 2.91. The molecule has 0 radical (unpaired) electrons. The van der Waals surface area contributed by atoms with Crippen LogP contribution in [0, 0.1) is 6.92 Å². The fourth-order valence-electron chi connectivity index (χ4n) is 1.79. The number of amides is 1. The van der Waals surface area contributed by atoms with Gasteiger partial charge in [-0.1, -0.05) is 29.0 Å². The van der Waals surface area contributed by atoms with Gasteiger partial charge >= 0.3 is 0 Å². The van der Waals surface area contributed by atoms with Crippen molar-refractivity contribution in [3.05, 3.63) is 33.8 Å². The minimum absolute atomic E-state index is 0.0972. The van der Waals surface area contributed by atoms with Gasteiger partial charge in [-0.05, 0) is 24.6 Å². The van der Waals surface area contributed by atoms with Crippen molar-refractivity contribution in [1.82, 2.24) is 15.5 Å². The van der Waals surface area contributed by atoms with Gasteiger partial charge in [-0.15, -0.1) is 10.2 Å². The first-order valence-electron chi connectivity index (χ1n) is 6.64. The molecule has 1 amide bonds. The van der Waals surface area contributed by atoms with E-state index in [1.807, 2.05) is 0 Å². The minimum Gasteiger partial charge on any atom is -0.356 e. The van der Waals surface area contributed by atoms with E-state index in [1.165, 1.54) is 13.0 Å². The summed E-state index contributed by atoms with van der Waals surface area (Å²) in [5.41, 5.74) is 0.470. The summed E-state index contributed by atoms with van der Waals surface area (Å²) in [6.07, 6.45) is 0.481. The Morgan fingerprint density at radius 2 is 2.09 bits per heavy atom. The maximum atomic E-state index is 12.4. The highest BCUT2D eigenvalue weighted by Crippen LogP contribution is 2.25. The van der Waals surface area contributed by atoms with Gasteiger partial charge in [0.15, 0.2) is 0 Å². The number of nitrogens with zero attached hydrogens (tertiary/aromatic N) is 2. The summed E-state index contributed by atoms with van der Waals surface area (Å²) in [4.78, 5) is 10.9. The van der Waals surface area contributed by atoms with Crippen LogP contribution in [0.5, 0.6) is 0 Å². The Morgan fingerprint density at radius 3 is 2.78 bits per heavy atom. The van der Waals surface area contributed by atoms with Crippen LogP contribution in [0.2, 0.25) is 5.02 Å². The minimum atomic E-state index is -3.78. The first-order valence-corrected chi connectivity index (χ1v) is 9.32. The van der Waals surface area contributed by atoms with Gasteiger partial charge in [0, 0.05) is 24.9 Å². The number of hydrogen-bond donors (Lipinski definition) is 2. The van der Waals surface area contributed by atoms with Crippen LogP contribution in [0.15, 0.2) is 23.1 Å². The molecule has 0 aliphatic carbocycles. The average molecular weight is 375 g/mol. The molecule has 23 heavy (non-hydrogen) atoms. The molecule has 2 N–H and O–H groups in total. The Hall–Kier alpha value is -1.71. The van der Waals surface area contributed by atoms with Crippen LogP contribution < -0.4 is 10.0 Å². The molecule has 0 fully saturated rings. The number of aromatic nitrogens is 2. The predicted octanol–water partition coefficient (Wildman–Crippen LogP) is 1.98. The van der Waals surface area contributed by atoms with Crippen LogP contribution in [-0.2, 0) is 21.2 Å². The van der Waals surface area contributed by atoms with E-state index in [4.69, 9.17) is 11.6 Å². The van der Waals surface area contributed by atoms with Crippen LogP contribution >= 0.6 is 22.9 Å². The third kappa shape index (κ3) is 4.63. The van der Waals surface area contributed by atoms with Crippen LogP contribution in [0.3, 0.4) is 0 Å². The number of carbonyl (C=O) groups excluding carboxylic acids is 1. The van der Waals surface area contributed by atoms with Crippen LogP contribution in [0.1, 0.15) is 17.5 Å². The molecule has 2 aromatic rings. The van der Waals surface area contributed by atoms with Gasteiger partial charge in [0.2, 0.25) is 11.0 Å². The summed E-state index contributed by atoms with van der Waals surface area (Å²) in [5, 5.41) is 11.5. The first-order chi connectivity index (χ1) is 10.8. The standard InChI is InChI=1S/C13H15ClN4O3S2/c1-8-10(14)4-3-5-11(8)23(20,21)18-13-17-16-12(22-13)6-7-15-9(2)19/h3-5H,6-7H2,1-2H3,(H,15,19)(H,17,18). The topological polar surface area (TPSA) is 101 Å². The molecule has 1 aromatic carbocycles. The number of halogens is 1. The molecule has 0 spiro atoms. The molecule has 0 aliphatic rings. The molecule has 10 heteroatoms. The predicted molar refractivity (Wildman–Crippen MR) is 89.3 cm³/mol. The lowest BCUT2D eigenvalue weighted by Crippen LogP contribution is -2.22. The van der Waals surface area contributed by atoms with Gasteiger partial charge in [-0.25, -0.2) is 8.42 Å². The summed E-state index contributed by atoms with van der Waals surface area (Å²) < 4.78 is 27.2. The number of anilines is 1. The number of sulfonamides is 1. The number of benzene rings is 1. The molecular formula is C13H15ClN4O3S2. The summed E-state index contributed by atoms with van der Waals surface area (Å²) in [5.74, 6) is -0.133. The zero-order valence-corrected chi connectivity index (χ0v) is 14.8. The zero-order valence-electron chi connectivity index (χ0n) is 12.5. The number of carbonyl (C=O) groups is 1. The van der Waals surface area contributed by atoms with E-state index in [-0.39, 0.29) is 15.9 Å². The highest BCUT2D eigenvalue weighted by molar-refractivity contribution is 7.93. The fourth-order valence-corrected chi connectivity index (χ4v) is 4.26. The van der Waals surface area contributed by atoms with Crippen molar-refractivity contribution in [3.8, 4) is 0 Å². The fraction of sp³-hybridized carbons (Fsp3) is 0.308. The van der Waals surface area contributed by atoms with Crippen molar-refractivity contribution in [2.75, 3.05) is 11.3 Å². The Kier molecular flexibility index (Phi) is 5.55.